The summed E-state index contributed by atoms with van der Waals surface area (Å²) in [7, 11) is 1.66. The molecule has 1 aromatic rings. The summed E-state index contributed by atoms with van der Waals surface area (Å²) in [6.07, 6.45) is 4.02. The maximum Gasteiger partial charge on any atom is 0.252 e. The molecule has 2 N–H and O–H groups in total. The first-order chi connectivity index (χ1) is 8.72. The average molecular weight is 249 g/mol. The van der Waals surface area contributed by atoms with E-state index in [-0.39, 0.29) is 0 Å². The number of amides is 1. The number of hydrogen-bond donors (Lipinski definition) is 1. The van der Waals surface area contributed by atoms with Gasteiger partial charge in [-0.2, -0.15) is 0 Å². The van der Waals surface area contributed by atoms with Gasteiger partial charge in [0.25, 0.3) is 5.91 Å². The Kier molecular flexibility index (Phi) is 4.20. The van der Waals surface area contributed by atoms with Gasteiger partial charge >= 0.3 is 0 Å². The molecular formula is C14H19NO3. The van der Waals surface area contributed by atoms with Crippen molar-refractivity contribution >= 4 is 5.91 Å². The Morgan fingerprint density at radius 2 is 2.00 bits per heavy atom. The Morgan fingerprint density at radius 1 is 1.28 bits per heavy atom. The largest absolute Gasteiger partial charge is 0.493 e. The number of carbonyl (C=O) groups is 1. The predicted molar refractivity (Wildman–Crippen MR) is 69.0 cm³/mol. The second-order valence-corrected chi connectivity index (χ2v) is 4.53. The van der Waals surface area contributed by atoms with Crippen LogP contribution in [0.5, 0.6) is 5.75 Å². The van der Waals surface area contributed by atoms with E-state index >= 15 is 0 Å². The average Bonchev–Trinajstić information content (AvgIpc) is 2.80. The van der Waals surface area contributed by atoms with E-state index in [1.165, 1.54) is 11.1 Å². The van der Waals surface area contributed by atoms with Crippen LogP contribution in [-0.2, 0) is 17.6 Å². The van der Waals surface area contributed by atoms with Crippen LogP contribution in [0.4, 0.5) is 0 Å². The molecule has 98 valence electrons. The minimum atomic E-state index is -0.425. The summed E-state index contributed by atoms with van der Waals surface area (Å²) in [5.74, 6) is 0.186. The quantitative estimate of drug-likeness (QED) is 0.780. The van der Waals surface area contributed by atoms with Crippen LogP contribution in [0.2, 0.25) is 0 Å². The lowest BCUT2D eigenvalue weighted by molar-refractivity contribution is 0.0995. The van der Waals surface area contributed by atoms with Crippen molar-refractivity contribution in [1.82, 2.24) is 0 Å². The minimum Gasteiger partial charge on any atom is -0.493 e. The smallest absolute Gasteiger partial charge is 0.252 e. The number of rotatable bonds is 6. The topological polar surface area (TPSA) is 61.6 Å². The van der Waals surface area contributed by atoms with E-state index in [2.05, 4.69) is 0 Å². The molecule has 0 aromatic heterocycles. The number of hydrogen-bond acceptors (Lipinski definition) is 3. The summed E-state index contributed by atoms with van der Waals surface area (Å²) in [5.41, 5.74) is 8.40. The van der Waals surface area contributed by atoms with Crippen LogP contribution >= 0.6 is 0 Å². The number of benzene rings is 1. The maximum absolute atomic E-state index is 11.4. The van der Waals surface area contributed by atoms with Crippen LogP contribution in [0.25, 0.3) is 0 Å². The number of carbonyl (C=O) groups excluding carboxylic acids is 1. The van der Waals surface area contributed by atoms with E-state index < -0.39 is 5.91 Å². The van der Waals surface area contributed by atoms with Crippen LogP contribution in [0.15, 0.2) is 12.1 Å². The molecule has 0 saturated carbocycles. The molecule has 0 saturated heterocycles. The third-order valence-electron chi connectivity index (χ3n) is 3.21. The zero-order valence-electron chi connectivity index (χ0n) is 10.7. The van der Waals surface area contributed by atoms with Gasteiger partial charge in [0.05, 0.1) is 12.2 Å². The molecule has 0 heterocycles. The molecule has 4 nitrogen and oxygen atoms in total. The molecule has 1 amide bonds. The summed E-state index contributed by atoms with van der Waals surface area (Å²) in [6, 6.07) is 3.85. The minimum absolute atomic E-state index is 0.425. The van der Waals surface area contributed by atoms with Gasteiger partial charge in [0.2, 0.25) is 0 Å². The van der Waals surface area contributed by atoms with Gasteiger partial charge in [0.15, 0.2) is 0 Å². The normalized spacial score (nSPS) is 13.4. The van der Waals surface area contributed by atoms with Crippen LogP contribution in [-0.4, -0.2) is 26.2 Å². The zero-order valence-corrected chi connectivity index (χ0v) is 10.7. The van der Waals surface area contributed by atoms with Gasteiger partial charge in [0.1, 0.15) is 5.75 Å². The Morgan fingerprint density at radius 3 is 2.67 bits per heavy atom. The molecule has 0 spiro atoms. The van der Waals surface area contributed by atoms with Gasteiger partial charge in [-0.05, 0) is 42.5 Å². The number of ether oxygens (including phenoxy) is 2. The predicted octanol–water partition coefficient (Wildman–Crippen LogP) is 1.69. The highest BCUT2D eigenvalue weighted by Gasteiger charge is 2.18. The molecule has 1 aromatic carbocycles. The first kappa shape index (κ1) is 12.9. The second-order valence-electron chi connectivity index (χ2n) is 4.53. The van der Waals surface area contributed by atoms with Crippen molar-refractivity contribution < 1.29 is 14.3 Å². The highest BCUT2D eigenvalue weighted by Crippen LogP contribution is 2.29. The van der Waals surface area contributed by atoms with Crippen molar-refractivity contribution in [1.29, 1.82) is 0 Å². The van der Waals surface area contributed by atoms with E-state index in [1.807, 2.05) is 12.1 Å². The van der Waals surface area contributed by atoms with Crippen molar-refractivity contribution in [2.75, 3.05) is 20.3 Å². The summed E-state index contributed by atoms with van der Waals surface area (Å²) in [6.45, 7) is 1.18. The SMILES string of the molecule is COCCCOc1cc2c(cc1C(N)=O)CCC2. The summed E-state index contributed by atoms with van der Waals surface area (Å²) in [5, 5.41) is 0. The molecule has 0 atom stereocenters. The third-order valence-corrected chi connectivity index (χ3v) is 3.21. The van der Waals surface area contributed by atoms with Gasteiger partial charge in [-0.1, -0.05) is 0 Å². The first-order valence-corrected chi connectivity index (χ1v) is 6.29. The highest BCUT2D eigenvalue weighted by atomic mass is 16.5. The molecule has 0 unspecified atom stereocenters. The molecule has 2 rings (SSSR count). The van der Waals surface area contributed by atoms with Crippen molar-refractivity contribution in [2.45, 2.75) is 25.7 Å². The Labute approximate surface area is 107 Å². The van der Waals surface area contributed by atoms with Gasteiger partial charge in [-0.25, -0.2) is 0 Å². The Bertz CT molecular complexity index is 443. The maximum atomic E-state index is 11.4. The van der Waals surface area contributed by atoms with E-state index in [4.69, 9.17) is 15.2 Å². The molecule has 0 bridgehead atoms. The Balaban J connectivity index is 2.14. The lowest BCUT2D eigenvalue weighted by atomic mass is 10.0. The van der Waals surface area contributed by atoms with Crippen molar-refractivity contribution in [3.63, 3.8) is 0 Å². The van der Waals surface area contributed by atoms with Gasteiger partial charge in [-0.3, -0.25) is 4.79 Å². The summed E-state index contributed by atoms with van der Waals surface area (Å²) in [4.78, 5) is 11.4. The van der Waals surface area contributed by atoms with Crippen LogP contribution in [0.3, 0.4) is 0 Å². The van der Waals surface area contributed by atoms with E-state index in [0.29, 0.717) is 24.5 Å². The van der Waals surface area contributed by atoms with E-state index in [1.54, 1.807) is 7.11 Å². The van der Waals surface area contributed by atoms with Crippen molar-refractivity contribution in [2.24, 2.45) is 5.73 Å². The standard InChI is InChI=1S/C14H19NO3/c1-17-6-3-7-18-13-9-11-5-2-4-10(11)8-12(13)14(15)16/h8-9H,2-7H2,1H3,(H2,15,16). The van der Waals surface area contributed by atoms with Crippen LogP contribution in [0, 0.1) is 0 Å². The first-order valence-electron chi connectivity index (χ1n) is 6.29. The fourth-order valence-corrected chi connectivity index (χ4v) is 2.30. The monoisotopic (exact) mass is 249 g/mol. The number of methoxy groups -OCH3 is 1. The fraction of sp³-hybridized carbons (Fsp3) is 0.500. The molecule has 0 radical (unpaired) electrons. The number of fused-ring (bicyclic) bond motifs is 1. The second kappa shape index (κ2) is 5.87. The molecule has 4 heteroatoms. The fourth-order valence-electron chi connectivity index (χ4n) is 2.30. The van der Waals surface area contributed by atoms with E-state index in [0.717, 1.165) is 25.7 Å². The third kappa shape index (κ3) is 2.82. The molecule has 1 aliphatic rings. The molecule has 18 heavy (non-hydrogen) atoms. The Hall–Kier alpha value is -1.55. The van der Waals surface area contributed by atoms with Crippen LogP contribution in [0.1, 0.15) is 34.3 Å². The van der Waals surface area contributed by atoms with Gasteiger partial charge in [0, 0.05) is 20.1 Å². The summed E-state index contributed by atoms with van der Waals surface area (Å²) >= 11 is 0. The number of aryl methyl sites for hydroxylation is 2. The lowest BCUT2D eigenvalue weighted by Gasteiger charge is -2.12. The van der Waals surface area contributed by atoms with Gasteiger partial charge < -0.3 is 15.2 Å². The van der Waals surface area contributed by atoms with Crippen LogP contribution < -0.4 is 10.5 Å². The zero-order chi connectivity index (χ0) is 13.0. The summed E-state index contributed by atoms with van der Waals surface area (Å²) < 4.78 is 10.6. The molecule has 1 aliphatic carbocycles. The van der Waals surface area contributed by atoms with Crippen molar-refractivity contribution in [3.8, 4) is 5.75 Å². The molecule has 0 aliphatic heterocycles. The lowest BCUT2D eigenvalue weighted by Crippen LogP contribution is -2.14. The van der Waals surface area contributed by atoms with E-state index in [9.17, 15) is 4.79 Å². The molecular weight excluding hydrogens is 230 g/mol. The van der Waals surface area contributed by atoms with Gasteiger partial charge in [-0.15, -0.1) is 0 Å². The number of primary amides is 1. The molecule has 0 fully saturated rings. The number of nitrogens with two attached hydrogens (primary N) is 1. The highest BCUT2D eigenvalue weighted by molar-refractivity contribution is 5.96. The van der Waals surface area contributed by atoms with Crippen molar-refractivity contribution in [3.05, 3.63) is 28.8 Å².